The summed E-state index contributed by atoms with van der Waals surface area (Å²) in [6.45, 7) is 0.208. The number of benzene rings is 2. The van der Waals surface area contributed by atoms with Crippen LogP contribution in [0, 0.1) is 0 Å². The number of Topliss-reactive ketones (excluding diaryl/α,β-unsaturated/α-hetero) is 1. The molecule has 1 N–H and O–H groups in total. The second-order valence-electron chi connectivity index (χ2n) is 5.03. The number of ether oxygens (including phenoxy) is 3. The number of rotatable bonds is 1. The van der Waals surface area contributed by atoms with Gasteiger partial charge in [0.05, 0.1) is 12.0 Å². The van der Waals surface area contributed by atoms with Crippen LogP contribution in [0.3, 0.4) is 0 Å². The quantitative estimate of drug-likeness (QED) is 0.872. The van der Waals surface area contributed by atoms with Gasteiger partial charge in [-0.15, -0.1) is 0 Å². The molecular formula is C16H12O5. The Morgan fingerprint density at radius 1 is 1.00 bits per heavy atom. The van der Waals surface area contributed by atoms with Crippen molar-refractivity contribution in [2.45, 2.75) is 12.5 Å². The first-order valence-corrected chi connectivity index (χ1v) is 6.63. The van der Waals surface area contributed by atoms with E-state index in [4.69, 9.17) is 14.2 Å². The lowest BCUT2D eigenvalue weighted by atomic mass is 9.96. The lowest BCUT2D eigenvalue weighted by molar-refractivity contribution is 0.0849. The zero-order chi connectivity index (χ0) is 14.4. The van der Waals surface area contributed by atoms with Gasteiger partial charge >= 0.3 is 0 Å². The Morgan fingerprint density at radius 3 is 2.76 bits per heavy atom. The van der Waals surface area contributed by atoms with E-state index in [-0.39, 0.29) is 30.9 Å². The van der Waals surface area contributed by atoms with E-state index in [2.05, 4.69) is 0 Å². The first-order chi connectivity index (χ1) is 10.2. The molecule has 106 valence electrons. The van der Waals surface area contributed by atoms with Gasteiger partial charge in [-0.2, -0.15) is 0 Å². The maximum absolute atomic E-state index is 12.2. The first-order valence-electron chi connectivity index (χ1n) is 6.63. The topological polar surface area (TPSA) is 65.0 Å². The van der Waals surface area contributed by atoms with E-state index >= 15 is 0 Å². The highest BCUT2D eigenvalue weighted by Gasteiger charge is 2.29. The van der Waals surface area contributed by atoms with Gasteiger partial charge in [0.1, 0.15) is 17.6 Å². The number of phenols is 1. The molecule has 4 rings (SSSR count). The molecular weight excluding hydrogens is 272 g/mol. The van der Waals surface area contributed by atoms with Crippen LogP contribution >= 0.6 is 0 Å². The summed E-state index contributed by atoms with van der Waals surface area (Å²) in [4.78, 5) is 12.2. The van der Waals surface area contributed by atoms with Crippen molar-refractivity contribution in [3.63, 3.8) is 0 Å². The minimum absolute atomic E-state index is 0.00100. The molecule has 0 bridgehead atoms. The van der Waals surface area contributed by atoms with Crippen molar-refractivity contribution in [2.75, 3.05) is 6.79 Å². The average molecular weight is 284 g/mol. The minimum Gasteiger partial charge on any atom is -0.508 e. The highest BCUT2D eigenvalue weighted by atomic mass is 16.7. The Balaban J connectivity index is 1.70. The molecule has 0 spiro atoms. The van der Waals surface area contributed by atoms with Gasteiger partial charge in [-0.1, -0.05) is 6.07 Å². The van der Waals surface area contributed by atoms with Gasteiger partial charge in [0, 0.05) is 6.07 Å². The zero-order valence-corrected chi connectivity index (χ0v) is 11.0. The smallest absolute Gasteiger partial charge is 0.231 e. The highest BCUT2D eigenvalue weighted by Crippen LogP contribution is 2.40. The summed E-state index contributed by atoms with van der Waals surface area (Å²) >= 11 is 0. The number of phenolic OH excluding ortho intramolecular Hbond substituents is 1. The highest BCUT2D eigenvalue weighted by molar-refractivity contribution is 6.00. The van der Waals surface area contributed by atoms with Crippen molar-refractivity contribution in [1.82, 2.24) is 0 Å². The second kappa shape index (κ2) is 4.41. The summed E-state index contributed by atoms with van der Waals surface area (Å²) in [6.07, 6.45) is -0.126. The summed E-state index contributed by atoms with van der Waals surface area (Å²) in [5, 5.41) is 9.53. The molecule has 0 fully saturated rings. The Hall–Kier alpha value is -2.69. The fourth-order valence-electron chi connectivity index (χ4n) is 2.61. The van der Waals surface area contributed by atoms with Crippen LogP contribution in [0.15, 0.2) is 36.4 Å². The van der Waals surface area contributed by atoms with Crippen molar-refractivity contribution < 1.29 is 24.1 Å². The molecule has 0 amide bonds. The summed E-state index contributed by atoms with van der Waals surface area (Å²) in [6, 6.07) is 10.0. The predicted octanol–water partition coefficient (Wildman–Crippen LogP) is 2.83. The van der Waals surface area contributed by atoms with E-state index in [1.165, 1.54) is 12.1 Å². The summed E-state index contributed by atoms with van der Waals surface area (Å²) < 4.78 is 16.5. The molecule has 2 aromatic rings. The predicted molar refractivity (Wildman–Crippen MR) is 73.0 cm³/mol. The number of hydrogen-bond acceptors (Lipinski definition) is 5. The van der Waals surface area contributed by atoms with Gasteiger partial charge in [-0.05, 0) is 29.8 Å². The third-order valence-electron chi connectivity index (χ3n) is 3.67. The number of aromatic hydroxyl groups is 1. The fourth-order valence-corrected chi connectivity index (χ4v) is 2.61. The van der Waals surface area contributed by atoms with Crippen LogP contribution in [0.1, 0.15) is 28.4 Å². The number of ketones is 1. The van der Waals surface area contributed by atoms with Crippen molar-refractivity contribution in [1.29, 1.82) is 0 Å². The molecule has 0 radical (unpaired) electrons. The number of fused-ring (bicyclic) bond motifs is 2. The average Bonchev–Trinajstić information content (AvgIpc) is 2.94. The lowest BCUT2D eigenvalue weighted by Gasteiger charge is -2.25. The van der Waals surface area contributed by atoms with Gasteiger partial charge < -0.3 is 19.3 Å². The Labute approximate surface area is 120 Å². The van der Waals surface area contributed by atoms with Crippen molar-refractivity contribution in [3.8, 4) is 23.0 Å². The molecule has 2 aliphatic heterocycles. The molecule has 1 unspecified atom stereocenters. The van der Waals surface area contributed by atoms with E-state index in [0.717, 1.165) is 5.56 Å². The van der Waals surface area contributed by atoms with E-state index in [1.54, 1.807) is 6.07 Å². The largest absolute Gasteiger partial charge is 0.508 e. The Kier molecular flexibility index (Phi) is 2.54. The van der Waals surface area contributed by atoms with Crippen LogP contribution in [0.5, 0.6) is 23.0 Å². The van der Waals surface area contributed by atoms with Crippen LogP contribution in [0.25, 0.3) is 0 Å². The van der Waals surface area contributed by atoms with Gasteiger partial charge in [0.25, 0.3) is 0 Å². The van der Waals surface area contributed by atoms with Crippen molar-refractivity contribution >= 4 is 5.78 Å². The van der Waals surface area contributed by atoms with E-state index in [1.807, 2.05) is 18.2 Å². The van der Waals surface area contributed by atoms with Crippen LogP contribution in [0.2, 0.25) is 0 Å². The second-order valence-corrected chi connectivity index (χ2v) is 5.03. The molecule has 2 aromatic carbocycles. The zero-order valence-electron chi connectivity index (χ0n) is 11.0. The summed E-state index contributed by atoms with van der Waals surface area (Å²) in [5.41, 5.74) is 1.35. The summed E-state index contributed by atoms with van der Waals surface area (Å²) in [7, 11) is 0. The van der Waals surface area contributed by atoms with Crippen LogP contribution in [-0.2, 0) is 0 Å². The maximum atomic E-state index is 12.2. The van der Waals surface area contributed by atoms with Crippen LogP contribution in [-0.4, -0.2) is 17.7 Å². The molecule has 0 aromatic heterocycles. The first kappa shape index (κ1) is 12.1. The third kappa shape index (κ3) is 1.98. The molecule has 5 heteroatoms. The lowest BCUT2D eigenvalue weighted by Crippen LogP contribution is -2.20. The third-order valence-corrected chi connectivity index (χ3v) is 3.67. The molecule has 21 heavy (non-hydrogen) atoms. The van der Waals surface area contributed by atoms with Gasteiger partial charge in [-0.3, -0.25) is 4.79 Å². The van der Waals surface area contributed by atoms with Crippen molar-refractivity contribution in [3.05, 3.63) is 47.5 Å². The maximum Gasteiger partial charge on any atom is 0.231 e. The molecule has 0 saturated heterocycles. The normalized spacial score (nSPS) is 19.0. The summed E-state index contributed by atoms with van der Waals surface area (Å²) in [5.74, 6) is 1.84. The monoisotopic (exact) mass is 284 g/mol. The molecule has 2 heterocycles. The fraction of sp³-hybridized carbons (Fsp3) is 0.188. The van der Waals surface area contributed by atoms with Gasteiger partial charge in [0.15, 0.2) is 17.3 Å². The van der Waals surface area contributed by atoms with Gasteiger partial charge in [0.2, 0.25) is 6.79 Å². The minimum atomic E-state index is -0.388. The molecule has 0 saturated carbocycles. The number of carbonyl (C=O) groups is 1. The molecule has 5 nitrogen and oxygen atoms in total. The van der Waals surface area contributed by atoms with E-state index in [0.29, 0.717) is 22.8 Å². The SMILES string of the molecule is O=C1CC(c2ccc3c(c2)OCO3)Oc2cc(O)ccc21. The molecule has 1 atom stereocenters. The molecule has 2 aliphatic rings. The van der Waals surface area contributed by atoms with E-state index < -0.39 is 0 Å². The van der Waals surface area contributed by atoms with Crippen LogP contribution in [0.4, 0.5) is 0 Å². The van der Waals surface area contributed by atoms with Crippen molar-refractivity contribution in [2.24, 2.45) is 0 Å². The number of carbonyl (C=O) groups excluding carboxylic acids is 1. The van der Waals surface area contributed by atoms with Gasteiger partial charge in [-0.25, -0.2) is 0 Å². The van der Waals surface area contributed by atoms with Crippen LogP contribution < -0.4 is 14.2 Å². The Morgan fingerprint density at radius 2 is 1.86 bits per heavy atom. The Bertz CT molecular complexity index is 737. The van der Waals surface area contributed by atoms with E-state index in [9.17, 15) is 9.90 Å². The number of hydrogen-bond donors (Lipinski definition) is 1. The standard InChI is InChI=1S/C16H12O5/c17-10-2-3-11-12(18)7-14(21-15(11)6-10)9-1-4-13-16(5-9)20-8-19-13/h1-6,14,17H,7-8H2. The molecule has 0 aliphatic carbocycles.